The van der Waals surface area contributed by atoms with Gasteiger partial charge in [-0.15, -0.1) is 11.3 Å². The van der Waals surface area contributed by atoms with Crippen molar-refractivity contribution in [2.24, 2.45) is 5.16 Å². The van der Waals surface area contributed by atoms with E-state index < -0.39 is 68.8 Å². The quantitative estimate of drug-likeness (QED) is 0.0171. The van der Waals surface area contributed by atoms with E-state index in [9.17, 15) is 23.4 Å². The highest BCUT2D eigenvalue weighted by molar-refractivity contribution is 14.1. The molecule has 2 aliphatic heterocycles. The van der Waals surface area contributed by atoms with Crippen LogP contribution in [0.5, 0.6) is 0 Å². The number of allylic oxidation sites excluding steroid dienone is 2. The van der Waals surface area contributed by atoms with Crippen LogP contribution in [0.3, 0.4) is 0 Å². The Balaban J connectivity index is 1.14. The number of esters is 2. The van der Waals surface area contributed by atoms with Gasteiger partial charge in [-0.3, -0.25) is 18.7 Å². The molecule has 364 valence electrons. The van der Waals surface area contributed by atoms with Gasteiger partial charge in [0.15, 0.2) is 16.9 Å². The molecule has 16 heteroatoms. The molecule has 0 saturated carbocycles. The summed E-state index contributed by atoms with van der Waals surface area (Å²) in [5.41, 5.74) is 0.618. The van der Waals surface area contributed by atoms with E-state index in [4.69, 9.17) is 19.3 Å². The maximum atomic E-state index is 14.7. The number of carbonyl (C=O) groups excluding carboxylic acids is 4. The number of hydrogen-bond acceptors (Lipinski definition) is 12. The molecule has 8 rings (SSSR count). The maximum Gasteiger partial charge on any atom is 0.356 e. The van der Waals surface area contributed by atoms with Crippen molar-refractivity contribution < 1.29 is 37.7 Å². The summed E-state index contributed by atoms with van der Waals surface area (Å²) in [5.74, 6) is -3.23. The van der Waals surface area contributed by atoms with Gasteiger partial charge >= 0.3 is 11.9 Å². The predicted octanol–water partition coefficient (Wildman–Crippen LogP) is 9.38. The van der Waals surface area contributed by atoms with Crippen molar-refractivity contribution in [1.82, 2.24) is 15.2 Å². The van der Waals surface area contributed by atoms with Gasteiger partial charge in [-0.25, -0.2) is 14.6 Å². The number of carbonyl (C=O) groups is 4. The summed E-state index contributed by atoms with van der Waals surface area (Å²) in [6.07, 6.45) is 2.66. The van der Waals surface area contributed by atoms with Crippen LogP contribution in [-0.4, -0.2) is 76.4 Å². The zero-order chi connectivity index (χ0) is 50.3. The summed E-state index contributed by atoms with van der Waals surface area (Å²) >= 11 is 3.36. The molecule has 0 aliphatic carbocycles. The molecule has 6 aromatic rings. The number of alkyl halides is 1. The molecular formula is C55H52IN5O8S2. The molecule has 0 radical (unpaired) electrons. The number of rotatable bonds is 17. The molecule has 0 bridgehead atoms. The molecule has 13 nitrogen and oxygen atoms in total. The maximum absolute atomic E-state index is 14.7. The first-order valence-corrected chi connectivity index (χ1v) is 26.6. The first kappa shape index (κ1) is 50.6. The average molecular weight is 1100 g/mol. The molecule has 3 atom stereocenters. The van der Waals surface area contributed by atoms with Crippen LogP contribution in [0.1, 0.15) is 74.2 Å². The molecule has 2 amide bonds. The summed E-state index contributed by atoms with van der Waals surface area (Å²) < 4.78 is 26.6. The van der Waals surface area contributed by atoms with Crippen molar-refractivity contribution in [2.75, 3.05) is 15.5 Å². The van der Waals surface area contributed by atoms with Crippen LogP contribution in [0, 0.1) is 0 Å². The molecule has 2 aliphatic rings. The highest BCUT2D eigenvalue weighted by Gasteiger charge is 2.58. The van der Waals surface area contributed by atoms with Crippen molar-refractivity contribution in [1.29, 1.82) is 0 Å². The molecule has 1 fully saturated rings. The van der Waals surface area contributed by atoms with E-state index in [0.717, 1.165) is 21.6 Å². The Kier molecular flexibility index (Phi) is 15.5. The van der Waals surface area contributed by atoms with E-state index in [-0.39, 0.29) is 22.9 Å². The lowest BCUT2D eigenvalue weighted by atomic mass is 9.77. The van der Waals surface area contributed by atoms with Gasteiger partial charge in [0.05, 0.1) is 16.6 Å². The van der Waals surface area contributed by atoms with Crippen LogP contribution in [0.15, 0.2) is 186 Å². The SMILES string of the molecule is CC(C)(C)OC(=O)C(C)(C)O/N=C(\C(=O)NC1C(=O)N2C(C(=O)OC(c3ccccc3)c3ccccc3)=C(/C=C\CI)CS(=O)[C@@H]12)c1csc(NC(c2ccccc2)(c2ccccc2)c2ccccc2)n1. The topological polar surface area (TPSA) is 166 Å². The standard InChI is InChI=1S/C55H52IN5O8S2/c1-53(2,3)68-51(65)54(4,5)69-60-43(42-34-70-52(57-42)59-55(39-27-15-8-16-28-39,40-29-17-9-18-30-40)41-31-19-10-20-32-41)47(62)58-44-48(63)61-45(38(26-21-33-56)35-71(66)49(44)61)50(64)67-46(36-22-11-6-12-23-36)37-24-13-7-14-25-37/h6-32,34,44,46,49H,33,35H2,1-5H3,(H,57,59)(H,58,62)/b26-21-,60-43-/t44?,49-,71?/m0/s1. The lowest BCUT2D eigenvalue weighted by Crippen LogP contribution is -2.74. The number of benzene rings is 5. The monoisotopic (exact) mass is 1100 g/mol. The lowest BCUT2D eigenvalue weighted by Gasteiger charge is -2.49. The number of ether oxygens (including phenoxy) is 2. The number of amides is 2. The van der Waals surface area contributed by atoms with Gasteiger partial charge in [0.1, 0.15) is 33.9 Å². The molecule has 71 heavy (non-hydrogen) atoms. The van der Waals surface area contributed by atoms with Gasteiger partial charge in [-0.05, 0) is 68.0 Å². The van der Waals surface area contributed by atoms with Crippen LogP contribution in [-0.2, 0) is 49.8 Å². The number of aromatic nitrogens is 1. The number of β-lactam (4-membered cyclic amide) rings is 1. The third-order valence-electron chi connectivity index (χ3n) is 11.6. The minimum Gasteiger partial charge on any atom is -0.457 e. The summed E-state index contributed by atoms with van der Waals surface area (Å²) in [6.45, 7) is 8.06. The van der Waals surface area contributed by atoms with Crippen LogP contribution >= 0.6 is 33.9 Å². The first-order chi connectivity index (χ1) is 34.1. The fourth-order valence-electron chi connectivity index (χ4n) is 8.25. The molecule has 3 heterocycles. The van der Waals surface area contributed by atoms with E-state index in [0.29, 0.717) is 26.3 Å². The second-order valence-electron chi connectivity index (χ2n) is 18.2. The number of fused-ring (bicyclic) bond motifs is 1. The van der Waals surface area contributed by atoms with Gasteiger partial charge in [0.2, 0.25) is 5.60 Å². The van der Waals surface area contributed by atoms with Crippen LogP contribution in [0.2, 0.25) is 0 Å². The molecule has 2 N–H and O–H groups in total. The molecule has 0 spiro atoms. The van der Waals surface area contributed by atoms with Crippen molar-refractivity contribution in [3.8, 4) is 0 Å². The van der Waals surface area contributed by atoms with Crippen LogP contribution < -0.4 is 10.6 Å². The summed E-state index contributed by atoms with van der Waals surface area (Å²) in [4.78, 5) is 69.0. The van der Waals surface area contributed by atoms with E-state index in [2.05, 4.69) is 38.4 Å². The third kappa shape index (κ3) is 11.1. The van der Waals surface area contributed by atoms with Gasteiger partial charge in [0, 0.05) is 9.81 Å². The normalized spacial score (nSPS) is 17.3. The van der Waals surface area contributed by atoms with E-state index in [1.807, 2.05) is 152 Å². The van der Waals surface area contributed by atoms with Gasteiger partial charge < -0.3 is 24.9 Å². The highest BCUT2D eigenvalue weighted by atomic mass is 127. The highest BCUT2D eigenvalue weighted by Crippen LogP contribution is 2.41. The summed E-state index contributed by atoms with van der Waals surface area (Å²) in [6, 6.07) is 46.9. The zero-order valence-electron chi connectivity index (χ0n) is 39.6. The Bertz CT molecular complexity index is 2860. The molecule has 2 unspecified atom stereocenters. The second kappa shape index (κ2) is 21.7. The fraction of sp³-hybridized carbons (Fsp3) is 0.236. The van der Waals surface area contributed by atoms with Crippen molar-refractivity contribution in [3.63, 3.8) is 0 Å². The number of hydrogen-bond donors (Lipinski definition) is 2. The minimum absolute atomic E-state index is 0.0507. The van der Waals surface area contributed by atoms with E-state index in [1.54, 1.807) is 38.3 Å². The Morgan fingerprint density at radius 3 is 1.82 bits per heavy atom. The van der Waals surface area contributed by atoms with Crippen molar-refractivity contribution in [2.45, 2.75) is 68.9 Å². The lowest BCUT2D eigenvalue weighted by molar-refractivity contribution is -0.179. The molecule has 5 aromatic carbocycles. The van der Waals surface area contributed by atoms with Crippen molar-refractivity contribution in [3.05, 3.63) is 214 Å². The number of anilines is 1. The predicted molar refractivity (Wildman–Crippen MR) is 284 cm³/mol. The number of oxime groups is 1. The van der Waals surface area contributed by atoms with Crippen LogP contribution in [0.25, 0.3) is 0 Å². The van der Waals surface area contributed by atoms with Gasteiger partial charge in [0.25, 0.3) is 11.8 Å². The second-order valence-corrected chi connectivity index (χ2v) is 21.4. The van der Waals surface area contributed by atoms with Crippen LogP contribution in [0.4, 0.5) is 5.13 Å². The summed E-state index contributed by atoms with van der Waals surface area (Å²) in [7, 11) is -1.79. The van der Waals surface area contributed by atoms with Gasteiger partial charge in [-0.2, -0.15) is 0 Å². The summed E-state index contributed by atoms with van der Waals surface area (Å²) in [5, 5.41) is 11.6. The average Bonchev–Trinajstić information content (AvgIpc) is 3.84. The van der Waals surface area contributed by atoms with E-state index >= 15 is 0 Å². The first-order valence-electron chi connectivity index (χ1n) is 22.8. The van der Waals surface area contributed by atoms with Gasteiger partial charge in [-0.1, -0.05) is 192 Å². The Labute approximate surface area is 433 Å². The number of nitrogens with zero attached hydrogens (tertiary/aromatic N) is 3. The van der Waals surface area contributed by atoms with Crippen molar-refractivity contribution >= 4 is 79.3 Å². The molecular weight excluding hydrogens is 1050 g/mol. The number of nitrogens with one attached hydrogen (secondary N) is 2. The Morgan fingerprint density at radius 1 is 0.817 bits per heavy atom. The number of halogens is 1. The van der Waals surface area contributed by atoms with E-state index in [1.165, 1.54) is 25.2 Å². The Morgan fingerprint density at radius 2 is 1.32 bits per heavy atom. The molecule has 1 aromatic heterocycles. The smallest absolute Gasteiger partial charge is 0.356 e. The number of thiazole rings is 1. The molecule has 1 saturated heterocycles. The third-order valence-corrected chi connectivity index (χ3v) is 14.5. The largest absolute Gasteiger partial charge is 0.457 e. The zero-order valence-corrected chi connectivity index (χ0v) is 43.4. The minimum atomic E-state index is -1.79. The Hall–Kier alpha value is -6.76. The fourth-order valence-corrected chi connectivity index (χ4v) is 10.9.